The molecule has 1 heterocycles. The van der Waals surface area contributed by atoms with Crippen LogP contribution < -0.4 is 5.73 Å². The van der Waals surface area contributed by atoms with Crippen LogP contribution in [-0.2, 0) is 9.63 Å². The predicted octanol–water partition coefficient (Wildman–Crippen LogP) is 0.735. The fourth-order valence-electron chi connectivity index (χ4n) is 0.776. The van der Waals surface area contributed by atoms with E-state index < -0.39 is 11.7 Å². The maximum atomic E-state index is 10.8. The Morgan fingerprint density at radius 3 is 2.87 bits per heavy atom. The first-order valence-corrected chi connectivity index (χ1v) is 4.29. The molecule has 1 aromatic heterocycles. The van der Waals surface area contributed by atoms with Crippen LogP contribution in [0.4, 0.5) is 6.01 Å². The number of nitrogens with two attached hydrogens (primary N) is 1. The highest BCUT2D eigenvalue weighted by atomic mass is 35.5. The summed E-state index contributed by atoms with van der Waals surface area (Å²) in [5.74, 6) is -1.33. The maximum absolute atomic E-state index is 10.8. The van der Waals surface area contributed by atoms with Gasteiger partial charge in [-0.05, 0) is 18.5 Å². The minimum Gasteiger partial charge on any atom is -0.476 e. The van der Waals surface area contributed by atoms with Crippen molar-refractivity contribution in [3.63, 3.8) is 0 Å². The van der Waals surface area contributed by atoms with Gasteiger partial charge in [-0.15, -0.1) is 0 Å². The number of oxazole rings is 1. The molecule has 3 N–H and O–H groups in total. The summed E-state index contributed by atoms with van der Waals surface area (Å²) >= 11 is 5.55. The number of rotatable bonds is 4. The van der Waals surface area contributed by atoms with Crippen LogP contribution in [0.5, 0.6) is 0 Å². The van der Waals surface area contributed by atoms with Crippen molar-refractivity contribution in [2.45, 2.75) is 6.92 Å². The molecule has 0 saturated heterocycles. The van der Waals surface area contributed by atoms with Crippen LogP contribution in [0, 0.1) is 0 Å². The fraction of sp³-hybridized carbons (Fsp3) is 0.286. The highest BCUT2D eigenvalue weighted by molar-refractivity contribution is 6.45. The standard InChI is InChI=1S/C7H8ClN3O4/c1-2-14-11-4(6(12)13)3-5(8)15-7(9)10-3/h2H2,1H3,(H2,9,10)(H,12,13). The number of halogens is 1. The molecule has 1 rings (SSSR count). The maximum Gasteiger partial charge on any atom is 0.360 e. The SMILES string of the molecule is CCON=C(C(=O)O)c1nc(N)oc1Cl. The van der Waals surface area contributed by atoms with Crippen LogP contribution in [0.1, 0.15) is 12.6 Å². The van der Waals surface area contributed by atoms with E-state index >= 15 is 0 Å². The van der Waals surface area contributed by atoms with Crippen LogP contribution in [0.3, 0.4) is 0 Å². The van der Waals surface area contributed by atoms with Gasteiger partial charge in [0, 0.05) is 0 Å². The number of hydrogen-bond acceptors (Lipinski definition) is 6. The number of nitrogen functional groups attached to an aromatic ring is 1. The van der Waals surface area contributed by atoms with Crippen LogP contribution in [0.15, 0.2) is 9.57 Å². The lowest BCUT2D eigenvalue weighted by Crippen LogP contribution is -2.16. The van der Waals surface area contributed by atoms with Gasteiger partial charge in [0.15, 0.2) is 5.69 Å². The summed E-state index contributed by atoms with van der Waals surface area (Å²) in [5.41, 5.74) is 4.58. The zero-order valence-corrected chi connectivity index (χ0v) is 8.48. The first kappa shape index (κ1) is 11.3. The minimum absolute atomic E-state index is 0.157. The number of aromatic nitrogens is 1. The molecule has 0 saturated carbocycles. The average Bonchev–Trinajstić information content (AvgIpc) is 2.46. The van der Waals surface area contributed by atoms with Gasteiger partial charge in [0.1, 0.15) is 6.61 Å². The normalized spacial score (nSPS) is 11.5. The van der Waals surface area contributed by atoms with Crippen molar-refractivity contribution < 1.29 is 19.2 Å². The second kappa shape index (κ2) is 4.65. The number of aliphatic carboxylic acids is 1. The van der Waals surface area contributed by atoms with E-state index in [1.165, 1.54) is 0 Å². The number of hydrogen-bond donors (Lipinski definition) is 2. The molecule has 0 bridgehead atoms. The van der Waals surface area contributed by atoms with Crippen molar-refractivity contribution in [3.05, 3.63) is 10.9 Å². The van der Waals surface area contributed by atoms with Crippen molar-refractivity contribution in [2.24, 2.45) is 5.16 Å². The first-order chi connectivity index (χ1) is 7.06. The predicted molar refractivity (Wildman–Crippen MR) is 51.7 cm³/mol. The molecule has 0 radical (unpaired) electrons. The molecule has 82 valence electrons. The first-order valence-electron chi connectivity index (χ1n) is 3.91. The van der Waals surface area contributed by atoms with Gasteiger partial charge in [-0.25, -0.2) is 4.79 Å². The highest BCUT2D eigenvalue weighted by Gasteiger charge is 2.22. The van der Waals surface area contributed by atoms with E-state index in [0.29, 0.717) is 0 Å². The molecule has 8 heteroatoms. The number of carboxylic acid groups (broad SMARTS) is 1. The fourth-order valence-corrected chi connectivity index (χ4v) is 0.987. The second-order valence-corrected chi connectivity index (χ2v) is 2.68. The van der Waals surface area contributed by atoms with E-state index in [1.807, 2.05) is 0 Å². The Morgan fingerprint density at radius 1 is 1.80 bits per heavy atom. The number of carbonyl (C=O) groups is 1. The van der Waals surface area contributed by atoms with Crippen LogP contribution >= 0.6 is 11.6 Å². The van der Waals surface area contributed by atoms with E-state index in [4.69, 9.17) is 22.4 Å². The van der Waals surface area contributed by atoms with Gasteiger partial charge in [0.25, 0.3) is 6.01 Å². The van der Waals surface area contributed by atoms with E-state index in [0.717, 1.165) is 0 Å². The second-order valence-electron chi connectivity index (χ2n) is 2.34. The zero-order chi connectivity index (χ0) is 11.4. The van der Waals surface area contributed by atoms with Crippen molar-refractivity contribution in [1.82, 2.24) is 4.98 Å². The monoisotopic (exact) mass is 233 g/mol. The number of oxime groups is 1. The van der Waals surface area contributed by atoms with Gasteiger partial charge in [-0.2, -0.15) is 4.98 Å². The van der Waals surface area contributed by atoms with Gasteiger partial charge in [-0.3, -0.25) is 0 Å². The van der Waals surface area contributed by atoms with E-state index in [2.05, 4.69) is 19.4 Å². The Kier molecular flexibility index (Phi) is 3.51. The van der Waals surface area contributed by atoms with Crippen molar-refractivity contribution >= 4 is 29.3 Å². The third-order valence-corrected chi connectivity index (χ3v) is 1.57. The van der Waals surface area contributed by atoms with E-state index in [1.54, 1.807) is 6.92 Å². The third-order valence-electron chi connectivity index (χ3n) is 1.31. The lowest BCUT2D eigenvalue weighted by Gasteiger charge is -1.96. The largest absolute Gasteiger partial charge is 0.476 e. The summed E-state index contributed by atoms with van der Waals surface area (Å²) in [7, 11) is 0. The molecule has 0 atom stereocenters. The van der Waals surface area contributed by atoms with Gasteiger partial charge < -0.3 is 20.1 Å². The zero-order valence-electron chi connectivity index (χ0n) is 7.73. The minimum atomic E-state index is -1.33. The summed E-state index contributed by atoms with van der Waals surface area (Å²) in [6, 6.07) is -0.236. The quantitative estimate of drug-likeness (QED) is 0.586. The molecule has 0 aliphatic carbocycles. The van der Waals surface area contributed by atoms with Gasteiger partial charge in [0.2, 0.25) is 10.9 Å². The van der Waals surface area contributed by atoms with E-state index in [-0.39, 0.29) is 23.5 Å². The van der Waals surface area contributed by atoms with Crippen LogP contribution in [0.2, 0.25) is 5.22 Å². The molecule has 7 nitrogen and oxygen atoms in total. The Hall–Kier alpha value is -1.76. The molecule has 0 aromatic carbocycles. The Bertz CT molecular complexity index is 401. The lowest BCUT2D eigenvalue weighted by molar-refractivity contribution is -0.129. The summed E-state index contributed by atoms with van der Waals surface area (Å²) in [4.78, 5) is 18.9. The number of anilines is 1. The van der Waals surface area contributed by atoms with Crippen molar-refractivity contribution in [1.29, 1.82) is 0 Å². The molecule has 1 aromatic rings. The topological polar surface area (TPSA) is 111 Å². The average molecular weight is 234 g/mol. The molecule has 0 amide bonds. The van der Waals surface area contributed by atoms with Crippen molar-refractivity contribution in [2.75, 3.05) is 12.3 Å². The summed E-state index contributed by atoms with van der Waals surface area (Å²) in [6.07, 6.45) is 0. The molecule has 0 unspecified atom stereocenters. The molecule has 0 spiro atoms. The number of nitrogens with zero attached hydrogens (tertiary/aromatic N) is 2. The molecular formula is C7H8ClN3O4. The molecular weight excluding hydrogens is 226 g/mol. The lowest BCUT2D eigenvalue weighted by atomic mass is 10.3. The molecule has 0 aliphatic rings. The van der Waals surface area contributed by atoms with E-state index in [9.17, 15) is 4.79 Å². The van der Waals surface area contributed by atoms with Crippen LogP contribution in [0.25, 0.3) is 0 Å². The molecule has 0 fully saturated rings. The summed E-state index contributed by atoms with van der Waals surface area (Å²) in [6.45, 7) is 1.88. The summed E-state index contributed by atoms with van der Waals surface area (Å²) in [5, 5.41) is 11.9. The Balaban J connectivity index is 3.10. The Morgan fingerprint density at radius 2 is 2.47 bits per heavy atom. The van der Waals surface area contributed by atoms with Crippen molar-refractivity contribution in [3.8, 4) is 0 Å². The molecule has 15 heavy (non-hydrogen) atoms. The third kappa shape index (κ3) is 2.59. The van der Waals surface area contributed by atoms with Gasteiger partial charge >= 0.3 is 5.97 Å². The highest BCUT2D eigenvalue weighted by Crippen LogP contribution is 2.19. The van der Waals surface area contributed by atoms with Gasteiger partial charge in [0.05, 0.1) is 0 Å². The number of carboxylic acids is 1. The Labute approximate surface area is 89.5 Å². The summed E-state index contributed by atoms with van der Waals surface area (Å²) < 4.78 is 4.66. The van der Waals surface area contributed by atoms with Crippen LogP contribution in [-0.4, -0.2) is 28.4 Å². The molecule has 0 aliphatic heterocycles. The van der Waals surface area contributed by atoms with Gasteiger partial charge in [-0.1, -0.05) is 5.16 Å². The smallest absolute Gasteiger partial charge is 0.360 e.